The average molecular weight is 258 g/mol. The molecule has 0 fully saturated rings. The Morgan fingerprint density at radius 3 is 2.56 bits per heavy atom. The second kappa shape index (κ2) is 10.8. The fraction of sp³-hybridized carbons (Fsp3) is 0.538. The quantitative estimate of drug-likeness (QED) is 0.520. The van der Waals surface area contributed by atoms with Gasteiger partial charge in [0, 0.05) is 13.2 Å². The highest BCUT2D eigenvalue weighted by Crippen LogP contribution is 2.22. The second-order valence-corrected chi connectivity index (χ2v) is 3.35. The predicted molar refractivity (Wildman–Crippen MR) is 73.2 cm³/mol. The summed E-state index contributed by atoms with van der Waals surface area (Å²) in [5.74, 6) is -0.300. The van der Waals surface area contributed by atoms with Gasteiger partial charge in [0.25, 0.3) is 0 Å². The molecule has 1 rings (SSSR count). The molecule has 0 heterocycles. The molecule has 3 N–H and O–H groups in total. The van der Waals surface area contributed by atoms with Gasteiger partial charge in [0.2, 0.25) is 0 Å². The van der Waals surface area contributed by atoms with E-state index in [1.807, 2.05) is 13.8 Å². The van der Waals surface area contributed by atoms with Crippen molar-refractivity contribution in [3.05, 3.63) is 24.0 Å². The maximum Gasteiger partial charge on any atom is 0.125 e. The predicted octanol–water partition coefficient (Wildman–Crippen LogP) is 3.01. The van der Waals surface area contributed by atoms with Crippen LogP contribution in [0.2, 0.25) is 0 Å². The van der Waals surface area contributed by atoms with Crippen molar-refractivity contribution in [1.82, 2.24) is 0 Å². The molecular formula is C13H23FN2O2. The van der Waals surface area contributed by atoms with E-state index in [0.717, 1.165) is 12.8 Å². The second-order valence-electron chi connectivity index (χ2n) is 3.35. The first-order valence-electron chi connectivity index (χ1n) is 6.21. The van der Waals surface area contributed by atoms with Gasteiger partial charge >= 0.3 is 0 Å². The van der Waals surface area contributed by atoms with E-state index in [1.54, 1.807) is 6.07 Å². The Morgan fingerprint density at radius 1 is 1.22 bits per heavy atom. The van der Waals surface area contributed by atoms with Crippen LogP contribution in [0.4, 0.5) is 15.8 Å². The van der Waals surface area contributed by atoms with Crippen LogP contribution in [0.25, 0.3) is 0 Å². The third-order valence-corrected chi connectivity index (χ3v) is 2.09. The van der Waals surface area contributed by atoms with Crippen molar-refractivity contribution in [2.75, 3.05) is 31.1 Å². The van der Waals surface area contributed by atoms with Crippen molar-refractivity contribution in [1.29, 1.82) is 0 Å². The van der Waals surface area contributed by atoms with Gasteiger partial charge in [-0.2, -0.15) is 0 Å². The Morgan fingerprint density at radius 2 is 1.94 bits per heavy atom. The van der Waals surface area contributed by atoms with Crippen LogP contribution in [0.1, 0.15) is 26.7 Å². The van der Waals surface area contributed by atoms with Gasteiger partial charge in [-0.3, -0.25) is 10.3 Å². The molecule has 18 heavy (non-hydrogen) atoms. The van der Waals surface area contributed by atoms with Crippen LogP contribution < -0.4 is 10.8 Å². The largest absolute Gasteiger partial charge is 0.396 e. The van der Waals surface area contributed by atoms with Crippen molar-refractivity contribution >= 4 is 11.4 Å². The number of rotatable bonds is 7. The van der Waals surface area contributed by atoms with Crippen molar-refractivity contribution in [3.8, 4) is 0 Å². The highest BCUT2D eigenvalue weighted by molar-refractivity contribution is 5.67. The summed E-state index contributed by atoms with van der Waals surface area (Å²) in [6.45, 7) is 4.86. The van der Waals surface area contributed by atoms with Crippen LogP contribution in [-0.4, -0.2) is 25.4 Å². The molecule has 104 valence electrons. The van der Waals surface area contributed by atoms with Crippen LogP contribution in [0, 0.1) is 5.82 Å². The summed E-state index contributed by atoms with van der Waals surface area (Å²) >= 11 is 0. The Labute approximate surface area is 108 Å². The first-order valence-corrected chi connectivity index (χ1v) is 6.21. The molecule has 0 unspecified atom stereocenters. The minimum absolute atomic E-state index is 0.175. The molecule has 0 saturated carbocycles. The highest BCUT2D eigenvalue weighted by atomic mass is 19.1. The Hall–Kier alpha value is -1.33. The molecule has 1 aromatic carbocycles. The molecule has 0 amide bonds. The van der Waals surface area contributed by atoms with Crippen molar-refractivity contribution in [3.63, 3.8) is 0 Å². The number of halogens is 1. The summed E-state index contributed by atoms with van der Waals surface area (Å²) in [5, 5.41) is 11.7. The minimum Gasteiger partial charge on any atom is -0.396 e. The number of hydrogen-bond acceptors (Lipinski definition) is 4. The van der Waals surface area contributed by atoms with Gasteiger partial charge in [0.05, 0.1) is 18.5 Å². The first-order chi connectivity index (χ1) is 8.77. The lowest BCUT2D eigenvalue weighted by Crippen LogP contribution is -2.06. The lowest BCUT2D eigenvalue weighted by Gasteiger charge is -2.12. The molecule has 0 saturated heterocycles. The Kier molecular flexibility index (Phi) is 10.0. The third-order valence-electron chi connectivity index (χ3n) is 2.09. The summed E-state index contributed by atoms with van der Waals surface area (Å²) in [6.07, 6.45) is 1.56. The molecule has 0 spiro atoms. The third kappa shape index (κ3) is 6.42. The summed E-state index contributed by atoms with van der Waals surface area (Å²) in [4.78, 5) is 4.78. The summed E-state index contributed by atoms with van der Waals surface area (Å²) in [7, 11) is 1.50. The van der Waals surface area contributed by atoms with E-state index in [-0.39, 0.29) is 12.4 Å². The lowest BCUT2D eigenvalue weighted by molar-refractivity contribution is 0.271. The van der Waals surface area contributed by atoms with Crippen molar-refractivity contribution < 1.29 is 14.3 Å². The fourth-order valence-corrected chi connectivity index (χ4v) is 1.32. The normalized spacial score (nSPS) is 9.39. The van der Waals surface area contributed by atoms with E-state index in [2.05, 4.69) is 10.8 Å². The molecular weight excluding hydrogens is 235 g/mol. The van der Waals surface area contributed by atoms with Crippen LogP contribution in [0.3, 0.4) is 0 Å². The van der Waals surface area contributed by atoms with Crippen LogP contribution in [-0.2, 0) is 4.84 Å². The zero-order valence-corrected chi connectivity index (χ0v) is 11.3. The van der Waals surface area contributed by atoms with Crippen LogP contribution in [0.5, 0.6) is 0 Å². The standard InChI is InChI=1S/C11H17FN2O2.C2H6/c1-16-14-10-5-4-9(12)8-11(10)13-6-2-3-7-15;1-2/h4-5,8,13-15H,2-3,6-7H2,1H3;1-2H3. The Balaban J connectivity index is 0.00000137. The zero-order chi connectivity index (χ0) is 13.8. The lowest BCUT2D eigenvalue weighted by atomic mass is 10.2. The number of anilines is 2. The highest BCUT2D eigenvalue weighted by Gasteiger charge is 2.03. The zero-order valence-electron chi connectivity index (χ0n) is 11.3. The number of unbranched alkanes of at least 4 members (excludes halogenated alkanes) is 1. The molecule has 5 heteroatoms. The van der Waals surface area contributed by atoms with Gasteiger partial charge in [-0.05, 0) is 31.0 Å². The van der Waals surface area contributed by atoms with Crippen LogP contribution in [0.15, 0.2) is 18.2 Å². The summed E-state index contributed by atoms with van der Waals surface area (Å²) < 4.78 is 13.0. The molecule has 0 radical (unpaired) electrons. The van der Waals surface area contributed by atoms with Gasteiger partial charge in [0.15, 0.2) is 0 Å². The fourth-order valence-electron chi connectivity index (χ4n) is 1.32. The summed E-state index contributed by atoms with van der Waals surface area (Å²) in [6, 6.07) is 4.37. The maximum atomic E-state index is 13.0. The van der Waals surface area contributed by atoms with Crippen LogP contribution >= 0.6 is 0 Å². The molecule has 0 bridgehead atoms. The van der Waals surface area contributed by atoms with Gasteiger partial charge in [0.1, 0.15) is 5.82 Å². The molecule has 4 nitrogen and oxygen atoms in total. The number of benzene rings is 1. The van der Waals surface area contributed by atoms with E-state index < -0.39 is 0 Å². The van der Waals surface area contributed by atoms with Gasteiger partial charge in [-0.15, -0.1) is 0 Å². The maximum absolute atomic E-state index is 13.0. The molecule has 0 aliphatic heterocycles. The number of hydrogen-bond donors (Lipinski definition) is 3. The SMILES string of the molecule is CC.CONc1ccc(F)cc1NCCCCO. The molecule has 0 aliphatic carbocycles. The molecule has 0 aromatic heterocycles. The van der Waals surface area contributed by atoms with Gasteiger partial charge < -0.3 is 10.4 Å². The summed E-state index contributed by atoms with van der Waals surface area (Å²) in [5.41, 5.74) is 4.01. The number of nitrogens with one attached hydrogen (secondary N) is 2. The van der Waals surface area contributed by atoms with Crippen molar-refractivity contribution in [2.24, 2.45) is 0 Å². The minimum atomic E-state index is -0.300. The van der Waals surface area contributed by atoms with Gasteiger partial charge in [-0.1, -0.05) is 13.8 Å². The number of aliphatic hydroxyl groups is 1. The first kappa shape index (κ1) is 16.7. The van der Waals surface area contributed by atoms with E-state index >= 15 is 0 Å². The van der Waals surface area contributed by atoms with Gasteiger partial charge in [-0.25, -0.2) is 4.39 Å². The van der Waals surface area contributed by atoms with E-state index in [9.17, 15) is 4.39 Å². The average Bonchev–Trinajstić information content (AvgIpc) is 2.40. The topological polar surface area (TPSA) is 53.5 Å². The van der Waals surface area contributed by atoms with E-state index in [1.165, 1.54) is 19.2 Å². The number of aliphatic hydroxyl groups excluding tert-OH is 1. The van der Waals surface area contributed by atoms with E-state index in [4.69, 9.17) is 9.94 Å². The van der Waals surface area contributed by atoms with E-state index in [0.29, 0.717) is 17.9 Å². The Bertz CT molecular complexity index is 322. The van der Waals surface area contributed by atoms with Crippen molar-refractivity contribution in [2.45, 2.75) is 26.7 Å². The molecule has 0 aliphatic rings. The smallest absolute Gasteiger partial charge is 0.125 e. The molecule has 0 atom stereocenters. The molecule has 1 aromatic rings. The monoisotopic (exact) mass is 258 g/mol.